The highest BCUT2D eigenvalue weighted by Gasteiger charge is 2.64. The summed E-state index contributed by atoms with van der Waals surface area (Å²) in [6.45, 7) is 0.461. The van der Waals surface area contributed by atoms with Gasteiger partial charge in [0, 0.05) is 0 Å². The number of aliphatic hydroxyl groups is 2. The first-order valence-electron chi connectivity index (χ1n) is 7.86. The van der Waals surface area contributed by atoms with E-state index in [0.29, 0.717) is 11.5 Å². The van der Waals surface area contributed by atoms with Crippen molar-refractivity contribution < 1.29 is 24.2 Å². The summed E-state index contributed by atoms with van der Waals surface area (Å²) in [7, 11) is 0. The maximum absolute atomic E-state index is 12.5. The number of hydroxylamine groups is 2. The van der Waals surface area contributed by atoms with Crippen molar-refractivity contribution in [2.45, 2.75) is 30.9 Å². The lowest BCUT2D eigenvalue weighted by Gasteiger charge is -2.35. The monoisotopic (exact) mass is 355 g/mol. The molecule has 10 nitrogen and oxygen atoms in total. The van der Waals surface area contributed by atoms with Crippen LogP contribution in [0.15, 0.2) is 11.1 Å². The fourth-order valence-electron chi connectivity index (χ4n) is 3.55. The predicted molar refractivity (Wildman–Crippen MR) is 81.3 cm³/mol. The standard InChI is InChI=1S/C14H18FN5O5/c1-7-17-11-8(12(23)18-7)16-6-19(11)13-9-10(22)14(5-21,25-13)4-20(9)24-3-2-15/h6,9-10,13,21-22H,2-5H2,1H3,(H,17,18,23)/t9-,10+,13-,14-/m1/s1. The number of ether oxygens (including phenoxy) is 1. The van der Waals surface area contributed by atoms with Gasteiger partial charge in [-0.05, 0) is 6.92 Å². The van der Waals surface area contributed by atoms with Crippen LogP contribution in [0.3, 0.4) is 0 Å². The third-order valence-electron chi connectivity index (χ3n) is 4.69. The Morgan fingerprint density at radius 2 is 2.40 bits per heavy atom. The molecule has 2 aliphatic heterocycles. The molecule has 4 atom stereocenters. The lowest BCUT2D eigenvalue weighted by atomic mass is 10.0. The van der Waals surface area contributed by atoms with Crippen molar-refractivity contribution in [2.75, 3.05) is 26.4 Å². The topological polar surface area (TPSA) is 126 Å². The van der Waals surface area contributed by atoms with Gasteiger partial charge in [0.2, 0.25) is 0 Å². The number of aromatic nitrogens is 4. The number of H-pyrrole nitrogens is 1. The average Bonchev–Trinajstić information content (AvgIpc) is 3.21. The van der Waals surface area contributed by atoms with Gasteiger partial charge < -0.3 is 19.9 Å². The maximum Gasteiger partial charge on any atom is 0.279 e. The molecule has 0 unspecified atom stereocenters. The SMILES string of the molecule is Cc1nc2c(ncn2[C@@H]2O[C@@]3(CO)CN(OCCF)[C@@H]2[C@@H]3O)c(=O)[nH]1. The van der Waals surface area contributed by atoms with Crippen molar-refractivity contribution in [1.29, 1.82) is 0 Å². The van der Waals surface area contributed by atoms with Gasteiger partial charge in [-0.2, -0.15) is 5.06 Å². The molecule has 0 aromatic carbocycles. The minimum Gasteiger partial charge on any atom is -0.393 e. The van der Waals surface area contributed by atoms with Crippen LogP contribution in [0.5, 0.6) is 0 Å². The molecule has 25 heavy (non-hydrogen) atoms. The van der Waals surface area contributed by atoms with Crippen molar-refractivity contribution in [3.8, 4) is 0 Å². The molecule has 2 bridgehead atoms. The predicted octanol–water partition coefficient (Wildman–Crippen LogP) is -1.37. The third kappa shape index (κ3) is 2.31. The van der Waals surface area contributed by atoms with Crippen LogP contribution in [-0.2, 0) is 9.57 Å². The van der Waals surface area contributed by atoms with Gasteiger partial charge in [0.25, 0.3) is 5.56 Å². The van der Waals surface area contributed by atoms with Crippen molar-refractivity contribution in [3.05, 3.63) is 22.5 Å². The second kappa shape index (κ2) is 5.81. The van der Waals surface area contributed by atoms with Crippen LogP contribution in [0.1, 0.15) is 12.1 Å². The van der Waals surface area contributed by atoms with Gasteiger partial charge in [0.05, 0.1) is 26.1 Å². The number of halogens is 1. The van der Waals surface area contributed by atoms with Crippen molar-refractivity contribution in [3.63, 3.8) is 0 Å². The van der Waals surface area contributed by atoms with Gasteiger partial charge in [-0.3, -0.25) is 14.2 Å². The van der Waals surface area contributed by atoms with E-state index in [2.05, 4.69) is 15.0 Å². The molecule has 0 radical (unpaired) electrons. The number of alkyl halides is 1. The summed E-state index contributed by atoms with van der Waals surface area (Å²) < 4.78 is 19.9. The molecule has 2 saturated heterocycles. The van der Waals surface area contributed by atoms with Gasteiger partial charge in [0.1, 0.15) is 30.2 Å². The Balaban J connectivity index is 1.77. The summed E-state index contributed by atoms with van der Waals surface area (Å²) in [5, 5.41) is 21.7. The highest BCUT2D eigenvalue weighted by atomic mass is 19.1. The summed E-state index contributed by atoms with van der Waals surface area (Å²) in [6, 6.07) is -0.697. The Morgan fingerprint density at radius 3 is 3.08 bits per heavy atom. The molecule has 2 fully saturated rings. The van der Waals surface area contributed by atoms with Crippen LogP contribution >= 0.6 is 0 Å². The minimum absolute atomic E-state index is 0.103. The van der Waals surface area contributed by atoms with Gasteiger partial charge in [0.15, 0.2) is 17.4 Å². The van der Waals surface area contributed by atoms with Crippen LogP contribution in [0.2, 0.25) is 0 Å². The molecule has 0 amide bonds. The average molecular weight is 355 g/mol. The number of aromatic amines is 1. The Bertz CT molecular complexity index is 856. The summed E-state index contributed by atoms with van der Waals surface area (Å²) in [4.78, 5) is 28.3. The zero-order chi connectivity index (χ0) is 17.8. The van der Waals surface area contributed by atoms with Crippen molar-refractivity contribution in [2.24, 2.45) is 0 Å². The molecule has 0 saturated carbocycles. The smallest absolute Gasteiger partial charge is 0.279 e. The van der Waals surface area contributed by atoms with Gasteiger partial charge in [-0.1, -0.05) is 0 Å². The lowest BCUT2D eigenvalue weighted by Crippen LogP contribution is -2.48. The second-order valence-electron chi connectivity index (χ2n) is 6.24. The summed E-state index contributed by atoms with van der Waals surface area (Å²) >= 11 is 0. The van der Waals surface area contributed by atoms with E-state index in [1.165, 1.54) is 16.0 Å². The highest BCUT2D eigenvalue weighted by molar-refractivity contribution is 5.69. The van der Waals surface area contributed by atoms with Crippen LogP contribution < -0.4 is 5.56 Å². The third-order valence-corrected chi connectivity index (χ3v) is 4.69. The molecule has 0 spiro atoms. The maximum atomic E-state index is 12.5. The summed E-state index contributed by atoms with van der Waals surface area (Å²) in [5.74, 6) is 0.408. The summed E-state index contributed by atoms with van der Waals surface area (Å²) in [5.41, 5.74) is -1.20. The minimum atomic E-state index is -1.25. The Hall–Kier alpha value is -1.92. The normalized spacial score (nSPS) is 32.1. The van der Waals surface area contributed by atoms with Gasteiger partial charge >= 0.3 is 0 Å². The number of hydrogen-bond donors (Lipinski definition) is 3. The van der Waals surface area contributed by atoms with Crippen LogP contribution in [0.25, 0.3) is 11.2 Å². The number of hydrogen-bond acceptors (Lipinski definition) is 8. The number of nitrogens with zero attached hydrogens (tertiary/aromatic N) is 4. The van der Waals surface area contributed by atoms with Crippen LogP contribution in [-0.4, -0.2) is 79.0 Å². The number of fused-ring (bicyclic) bond motifs is 3. The zero-order valence-electron chi connectivity index (χ0n) is 13.4. The van der Waals surface area contributed by atoms with E-state index in [9.17, 15) is 19.4 Å². The number of aryl methyl sites for hydroxylation is 1. The first-order chi connectivity index (χ1) is 12.0. The van der Waals surface area contributed by atoms with E-state index in [1.54, 1.807) is 6.92 Å². The first-order valence-corrected chi connectivity index (χ1v) is 7.86. The quantitative estimate of drug-likeness (QED) is 0.600. The number of imidazole rings is 1. The number of morpholine rings is 1. The van der Waals surface area contributed by atoms with E-state index in [-0.39, 0.29) is 24.2 Å². The Labute approximate surface area is 140 Å². The van der Waals surface area contributed by atoms with Crippen LogP contribution in [0, 0.1) is 6.92 Å². The molecule has 2 aliphatic rings. The molecule has 4 rings (SSSR count). The van der Waals surface area contributed by atoms with Crippen LogP contribution in [0.4, 0.5) is 4.39 Å². The fourth-order valence-corrected chi connectivity index (χ4v) is 3.55. The summed E-state index contributed by atoms with van der Waals surface area (Å²) in [6.07, 6.45) is -0.458. The van der Waals surface area contributed by atoms with E-state index < -0.39 is 37.3 Å². The first kappa shape index (κ1) is 16.5. The molecule has 4 heterocycles. The van der Waals surface area contributed by atoms with Crippen molar-refractivity contribution >= 4 is 11.2 Å². The van der Waals surface area contributed by atoms with E-state index >= 15 is 0 Å². The van der Waals surface area contributed by atoms with Gasteiger partial charge in [-0.25, -0.2) is 14.4 Å². The molecule has 3 N–H and O–H groups in total. The number of aliphatic hydroxyl groups excluding tert-OH is 2. The molecule has 2 aromatic rings. The second-order valence-corrected chi connectivity index (χ2v) is 6.24. The van der Waals surface area contributed by atoms with Gasteiger partial charge in [-0.15, -0.1) is 0 Å². The molecule has 136 valence electrons. The Kier molecular flexibility index (Phi) is 3.85. The largest absolute Gasteiger partial charge is 0.393 e. The fraction of sp³-hybridized carbons (Fsp3) is 0.643. The van der Waals surface area contributed by atoms with E-state index in [1.807, 2.05) is 0 Å². The lowest BCUT2D eigenvalue weighted by molar-refractivity contribution is -0.252. The highest BCUT2D eigenvalue weighted by Crippen LogP contribution is 2.46. The van der Waals surface area contributed by atoms with E-state index in [4.69, 9.17) is 9.57 Å². The molecular weight excluding hydrogens is 337 g/mol. The van der Waals surface area contributed by atoms with Crippen molar-refractivity contribution in [1.82, 2.24) is 24.6 Å². The molecule has 2 aromatic heterocycles. The van der Waals surface area contributed by atoms with E-state index in [0.717, 1.165) is 0 Å². The molecule has 0 aliphatic carbocycles. The molecule has 11 heteroatoms. The molecular formula is C14H18FN5O5. The Morgan fingerprint density at radius 1 is 1.60 bits per heavy atom. The number of nitrogens with one attached hydrogen (secondary N) is 1. The number of rotatable bonds is 5. The zero-order valence-corrected chi connectivity index (χ0v) is 13.4.